The average Bonchev–Trinajstić information content (AvgIpc) is 3.70. The molecule has 0 aliphatic carbocycles. The Labute approximate surface area is 317 Å². The molecular weight excluding hydrogens is 697 g/mol. The van der Waals surface area contributed by atoms with E-state index in [1.54, 1.807) is 16.2 Å². The molecule has 1 aromatic heterocycles. The number of nitrogens with zero attached hydrogens (tertiary/aromatic N) is 3. The second-order valence-electron chi connectivity index (χ2n) is 16.4. The van der Waals surface area contributed by atoms with Crippen molar-refractivity contribution in [1.82, 2.24) is 30.7 Å². The van der Waals surface area contributed by atoms with Crippen molar-refractivity contribution in [1.29, 1.82) is 0 Å². The number of nitrogens with one attached hydrogen (secondary N) is 3. The highest BCUT2D eigenvalue weighted by Gasteiger charge is 2.44. The molecule has 13 nitrogen and oxygen atoms in total. The highest BCUT2D eigenvalue weighted by molar-refractivity contribution is 7.13. The zero-order valence-corrected chi connectivity index (χ0v) is 33.3. The van der Waals surface area contributed by atoms with Crippen LogP contribution in [0.15, 0.2) is 29.8 Å². The third-order valence-electron chi connectivity index (χ3n) is 9.71. The molecule has 4 atom stereocenters. The molecule has 4 rings (SSSR count). The van der Waals surface area contributed by atoms with Crippen LogP contribution < -0.4 is 16.0 Å². The van der Waals surface area contributed by atoms with E-state index in [1.807, 2.05) is 85.2 Å². The maximum absolute atomic E-state index is 14.0. The van der Waals surface area contributed by atoms with Crippen molar-refractivity contribution >= 4 is 41.1 Å². The number of unbranched alkanes of at least 4 members (excludes halogenated alkanes) is 1. The summed E-state index contributed by atoms with van der Waals surface area (Å²) < 4.78 is 5.43. The van der Waals surface area contributed by atoms with Gasteiger partial charge in [-0.25, -0.2) is 9.78 Å². The lowest BCUT2D eigenvalue weighted by atomic mass is 9.85. The number of piperidine rings is 1. The number of aryl methyl sites for hydroxylation is 1. The Morgan fingerprint density at radius 1 is 0.981 bits per heavy atom. The summed E-state index contributed by atoms with van der Waals surface area (Å²) >= 11 is 1.57. The smallest absolute Gasteiger partial charge is 0.410 e. The van der Waals surface area contributed by atoms with E-state index in [-0.39, 0.29) is 55.2 Å². The van der Waals surface area contributed by atoms with E-state index in [2.05, 4.69) is 20.9 Å². The number of thiazole rings is 1. The van der Waals surface area contributed by atoms with Crippen LogP contribution in [0.5, 0.6) is 0 Å². The van der Waals surface area contributed by atoms with E-state index in [0.717, 1.165) is 21.7 Å². The van der Waals surface area contributed by atoms with Gasteiger partial charge < -0.3 is 35.6 Å². The van der Waals surface area contributed by atoms with Crippen LogP contribution in [0, 0.1) is 18.3 Å². The lowest BCUT2D eigenvalue weighted by molar-refractivity contribution is -0.144. The molecule has 2 aliphatic heterocycles. The summed E-state index contributed by atoms with van der Waals surface area (Å²) in [5.74, 6) is -1.31. The van der Waals surface area contributed by atoms with Crippen molar-refractivity contribution in [2.45, 2.75) is 124 Å². The summed E-state index contributed by atoms with van der Waals surface area (Å²) in [5.41, 5.74) is 3.50. The number of carbonyl (C=O) groups is 5. The van der Waals surface area contributed by atoms with Crippen LogP contribution in [0.4, 0.5) is 4.79 Å². The molecule has 0 radical (unpaired) electrons. The second-order valence-corrected chi connectivity index (χ2v) is 17.2. The van der Waals surface area contributed by atoms with Crippen molar-refractivity contribution in [3.63, 3.8) is 0 Å². The maximum Gasteiger partial charge on any atom is 0.410 e. The standard InChI is InChI=1S/C39H58N6O7S/c1-24(26-12-14-27(15-13-26)32-25(2)41-23-53-32)42-35(49)30-21-29(46)22-45(30)36(50)33(38(3,4)5)43-31(47)11-9-10-18-40-34(48)28-16-19-44(20-17-28)37(51)52-39(6,7)8/h12-15,23-24,28-30,33,46H,9-11,16-22H2,1-8H3,(H,40,48)(H,42,49)(H,43,47)/t24-,29+,30-,33+/m0/s1. The number of rotatable bonds is 12. The Bertz CT molecular complexity index is 1590. The van der Waals surface area contributed by atoms with E-state index in [9.17, 15) is 29.1 Å². The quantitative estimate of drug-likeness (QED) is 0.226. The van der Waals surface area contributed by atoms with Gasteiger partial charge in [0.15, 0.2) is 0 Å². The molecule has 4 N–H and O–H groups in total. The van der Waals surface area contributed by atoms with Gasteiger partial charge in [-0.05, 0) is 76.8 Å². The number of amides is 5. The predicted octanol–water partition coefficient (Wildman–Crippen LogP) is 4.72. The lowest BCUT2D eigenvalue weighted by Crippen LogP contribution is -2.57. The van der Waals surface area contributed by atoms with Crippen LogP contribution in [0.2, 0.25) is 0 Å². The van der Waals surface area contributed by atoms with Gasteiger partial charge in [0.25, 0.3) is 0 Å². The summed E-state index contributed by atoms with van der Waals surface area (Å²) in [6.45, 7) is 16.2. The van der Waals surface area contributed by atoms with Crippen LogP contribution in [-0.4, -0.2) is 99.6 Å². The fourth-order valence-corrected chi connectivity index (χ4v) is 7.48. The molecule has 0 spiro atoms. The summed E-state index contributed by atoms with van der Waals surface area (Å²) in [6.07, 6.45) is 1.25. The first-order chi connectivity index (χ1) is 24.8. The number of aliphatic hydroxyl groups excluding tert-OH is 1. The minimum atomic E-state index is -0.915. The van der Waals surface area contributed by atoms with Crippen molar-refractivity contribution in [2.75, 3.05) is 26.2 Å². The molecule has 2 saturated heterocycles. The number of benzene rings is 1. The Morgan fingerprint density at radius 3 is 2.23 bits per heavy atom. The van der Waals surface area contributed by atoms with Gasteiger partial charge in [-0.3, -0.25) is 19.2 Å². The van der Waals surface area contributed by atoms with Gasteiger partial charge in [-0.2, -0.15) is 0 Å². The molecule has 14 heteroatoms. The highest BCUT2D eigenvalue weighted by atomic mass is 32.1. The zero-order chi connectivity index (χ0) is 39.1. The predicted molar refractivity (Wildman–Crippen MR) is 204 cm³/mol. The second kappa shape index (κ2) is 17.9. The van der Waals surface area contributed by atoms with Crippen molar-refractivity contribution < 1.29 is 33.8 Å². The molecule has 5 amide bonds. The van der Waals surface area contributed by atoms with E-state index < -0.39 is 35.1 Å². The number of carbonyl (C=O) groups excluding carboxylic acids is 5. The monoisotopic (exact) mass is 754 g/mol. The van der Waals surface area contributed by atoms with E-state index in [0.29, 0.717) is 45.3 Å². The minimum Gasteiger partial charge on any atom is -0.444 e. The molecule has 2 aromatic rings. The number of hydrogen-bond acceptors (Lipinski definition) is 9. The SMILES string of the molecule is Cc1ncsc1-c1ccc([C@H](C)NC(=O)[C@@H]2C[C@@H](O)CN2C(=O)[C@@H](NC(=O)CCCCNC(=O)C2CCN(C(=O)OC(C)(C)C)CC2)C(C)(C)C)cc1. The average molecular weight is 755 g/mol. The third kappa shape index (κ3) is 11.7. The lowest BCUT2D eigenvalue weighted by Gasteiger charge is -2.35. The van der Waals surface area contributed by atoms with E-state index in [4.69, 9.17) is 4.74 Å². The Hall–Kier alpha value is -4.04. The number of aliphatic hydroxyl groups is 1. The van der Waals surface area contributed by atoms with E-state index in [1.165, 1.54) is 4.90 Å². The molecule has 2 fully saturated rings. The first kappa shape index (κ1) is 41.7. The first-order valence-electron chi connectivity index (χ1n) is 18.7. The number of β-amino-alcohol motifs (C(OH)–C–C–N with tert-alkyl or cyclic N) is 1. The summed E-state index contributed by atoms with van der Waals surface area (Å²) in [7, 11) is 0. The van der Waals surface area contributed by atoms with Gasteiger partial charge in [0.2, 0.25) is 23.6 Å². The normalized spacial score (nSPS) is 19.3. The Morgan fingerprint density at radius 2 is 1.64 bits per heavy atom. The summed E-state index contributed by atoms with van der Waals surface area (Å²) in [5, 5.41) is 19.4. The minimum absolute atomic E-state index is 0.00360. The molecule has 3 heterocycles. The number of likely N-dealkylation sites (tertiary alicyclic amines) is 2. The Kier molecular flexibility index (Phi) is 14.1. The van der Waals surface area contributed by atoms with Crippen LogP contribution in [0.25, 0.3) is 10.4 Å². The summed E-state index contributed by atoms with van der Waals surface area (Å²) in [6, 6.07) is 5.79. The van der Waals surface area contributed by atoms with Crippen LogP contribution in [0.1, 0.15) is 104 Å². The van der Waals surface area contributed by atoms with Gasteiger partial charge in [-0.1, -0.05) is 45.0 Å². The maximum atomic E-state index is 14.0. The fourth-order valence-electron chi connectivity index (χ4n) is 6.67. The third-order valence-corrected chi connectivity index (χ3v) is 10.7. The van der Waals surface area contributed by atoms with Crippen LogP contribution in [-0.2, 0) is 23.9 Å². The van der Waals surface area contributed by atoms with Crippen LogP contribution in [0.3, 0.4) is 0 Å². The van der Waals surface area contributed by atoms with Gasteiger partial charge >= 0.3 is 6.09 Å². The van der Waals surface area contributed by atoms with Gasteiger partial charge in [0, 0.05) is 44.9 Å². The van der Waals surface area contributed by atoms with Crippen LogP contribution >= 0.6 is 11.3 Å². The van der Waals surface area contributed by atoms with Gasteiger partial charge in [-0.15, -0.1) is 11.3 Å². The van der Waals surface area contributed by atoms with Crippen molar-refractivity contribution in [2.24, 2.45) is 11.3 Å². The first-order valence-corrected chi connectivity index (χ1v) is 19.6. The largest absolute Gasteiger partial charge is 0.444 e. The topological polar surface area (TPSA) is 170 Å². The fraction of sp³-hybridized carbons (Fsp3) is 0.641. The number of aromatic nitrogens is 1. The molecule has 0 unspecified atom stereocenters. The van der Waals surface area contributed by atoms with Gasteiger partial charge in [0.1, 0.15) is 17.7 Å². The van der Waals surface area contributed by atoms with Gasteiger partial charge in [0.05, 0.1) is 28.2 Å². The number of ether oxygens (including phenoxy) is 1. The molecule has 292 valence electrons. The van der Waals surface area contributed by atoms with Crippen molar-refractivity contribution in [3.8, 4) is 10.4 Å². The number of hydrogen-bond donors (Lipinski definition) is 4. The van der Waals surface area contributed by atoms with Crippen molar-refractivity contribution in [3.05, 3.63) is 41.0 Å². The molecule has 53 heavy (non-hydrogen) atoms. The molecule has 0 bridgehead atoms. The summed E-state index contributed by atoms with van der Waals surface area (Å²) in [4.78, 5) is 74.1. The molecule has 2 aliphatic rings. The zero-order valence-electron chi connectivity index (χ0n) is 32.5. The van der Waals surface area contributed by atoms with E-state index >= 15 is 0 Å². The Balaban J connectivity index is 1.23. The molecule has 0 saturated carbocycles. The molecule has 1 aromatic carbocycles. The molecular formula is C39H58N6O7S. The highest BCUT2D eigenvalue weighted by Crippen LogP contribution is 2.30.